The second-order valence-corrected chi connectivity index (χ2v) is 9.26. The molecule has 96 valence electrons. The highest BCUT2D eigenvalue weighted by Gasteiger charge is 2.30. The van der Waals surface area contributed by atoms with Crippen molar-refractivity contribution < 1.29 is 19.3 Å². The van der Waals surface area contributed by atoms with Crippen LogP contribution in [0.2, 0.25) is 26.0 Å². The zero-order valence-corrected chi connectivity index (χ0v) is 12.1. The smallest absolute Gasteiger partial charge is 0.453 e. The Bertz CT molecular complexity index is 190. The van der Waals surface area contributed by atoms with Crippen molar-refractivity contribution in [2.75, 3.05) is 0 Å². The Morgan fingerprint density at radius 2 is 1.62 bits per heavy atom. The van der Waals surface area contributed by atoms with Crippen molar-refractivity contribution in [1.29, 1.82) is 0 Å². The van der Waals surface area contributed by atoms with Crippen LogP contribution >= 0.6 is 0 Å². The third-order valence-electron chi connectivity index (χ3n) is 1.79. The lowest BCUT2D eigenvalue weighted by molar-refractivity contribution is -0.245. The van der Waals surface area contributed by atoms with Crippen LogP contribution in [0.4, 0.5) is 0 Å². The van der Waals surface area contributed by atoms with E-state index in [4.69, 9.17) is 9.10 Å². The third-order valence-corrected chi connectivity index (χ3v) is 2.76. The molecule has 2 N–H and O–H groups in total. The van der Waals surface area contributed by atoms with Crippen LogP contribution in [-0.2, 0) is 9.10 Å². The molecule has 0 amide bonds. The van der Waals surface area contributed by atoms with E-state index >= 15 is 0 Å². The first-order valence-electron chi connectivity index (χ1n) is 5.66. The molecule has 0 aromatic carbocycles. The van der Waals surface area contributed by atoms with Gasteiger partial charge in [-0.1, -0.05) is 6.92 Å². The summed E-state index contributed by atoms with van der Waals surface area (Å²) in [6.45, 7) is 11.2. The van der Waals surface area contributed by atoms with Crippen molar-refractivity contribution in [1.82, 2.24) is 5.06 Å². The second kappa shape index (κ2) is 6.73. The Balaban J connectivity index is 4.39. The molecule has 0 bridgehead atoms. The summed E-state index contributed by atoms with van der Waals surface area (Å²) >= 11 is 0. The van der Waals surface area contributed by atoms with Crippen molar-refractivity contribution >= 4 is 15.4 Å². The van der Waals surface area contributed by atoms with Gasteiger partial charge in [0.25, 0.3) is 0 Å². The van der Waals surface area contributed by atoms with Gasteiger partial charge in [-0.25, -0.2) is 0 Å². The van der Waals surface area contributed by atoms with E-state index in [2.05, 4.69) is 19.6 Å². The summed E-state index contributed by atoms with van der Waals surface area (Å²) in [5, 5.41) is 20.0. The summed E-state index contributed by atoms with van der Waals surface area (Å²) in [6.07, 6.45) is -1.08. The Morgan fingerprint density at radius 1 is 1.19 bits per heavy atom. The molecule has 0 aromatic heterocycles. The van der Waals surface area contributed by atoms with Gasteiger partial charge in [0.2, 0.25) is 0 Å². The number of nitrogens with zero attached hydrogens (tertiary/aromatic N) is 1. The number of rotatable bonds is 7. The largest absolute Gasteiger partial charge is 0.464 e. The number of hydrogen-bond acceptors (Lipinski definition) is 5. The summed E-state index contributed by atoms with van der Waals surface area (Å²) < 4.78 is 11.2. The SMILES string of the molecule is CCB(ON([C@H](C)O)[C@H](C)O)O[Si](C)(C)C. The van der Waals surface area contributed by atoms with Gasteiger partial charge in [-0.15, -0.1) is 5.06 Å². The van der Waals surface area contributed by atoms with Crippen molar-refractivity contribution in [3.8, 4) is 0 Å². The molecule has 0 saturated heterocycles. The van der Waals surface area contributed by atoms with Crippen molar-refractivity contribution in [3.05, 3.63) is 0 Å². The molecule has 0 radical (unpaired) electrons. The fraction of sp³-hybridized carbons (Fsp3) is 1.00. The number of aliphatic hydroxyl groups excluding tert-OH is 2. The van der Waals surface area contributed by atoms with Crippen LogP contribution in [0.25, 0.3) is 0 Å². The van der Waals surface area contributed by atoms with E-state index in [9.17, 15) is 10.2 Å². The summed E-state index contributed by atoms with van der Waals surface area (Å²) in [6, 6.07) is 0. The lowest BCUT2D eigenvalue weighted by Crippen LogP contribution is -2.47. The molecule has 0 aliphatic carbocycles. The summed E-state index contributed by atoms with van der Waals surface area (Å²) in [7, 11) is -2.11. The molecule has 0 unspecified atom stereocenters. The number of hydrogen-bond donors (Lipinski definition) is 2. The normalized spacial score (nSPS) is 16.3. The topological polar surface area (TPSA) is 62.2 Å². The van der Waals surface area contributed by atoms with Crippen LogP contribution in [0.15, 0.2) is 0 Å². The van der Waals surface area contributed by atoms with Gasteiger partial charge in [-0.05, 0) is 39.8 Å². The van der Waals surface area contributed by atoms with E-state index in [1.54, 1.807) is 0 Å². The maximum absolute atomic E-state index is 9.42. The zero-order valence-electron chi connectivity index (χ0n) is 11.1. The van der Waals surface area contributed by atoms with Gasteiger partial charge in [0.05, 0.1) is 0 Å². The van der Waals surface area contributed by atoms with Crippen LogP contribution in [0, 0.1) is 0 Å². The monoisotopic (exact) mass is 249 g/mol. The second-order valence-electron chi connectivity index (χ2n) is 4.80. The third kappa shape index (κ3) is 6.62. The standard InChI is InChI=1S/C9H24BNO4Si/c1-7-10(15-16(4,5)6)14-11(8(2)12)9(3)13/h8-9,12-13H,7H2,1-6H3/t8-,9-/m0/s1. The summed E-state index contributed by atoms with van der Waals surface area (Å²) in [4.78, 5) is 0. The highest BCUT2D eigenvalue weighted by molar-refractivity contribution is 6.75. The van der Waals surface area contributed by atoms with Crippen LogP contribution in [-0.4, -0.2) is 43.2 Å². The first kappa shape index (κ1) is 16.1. The van der Waals surface area contributed by atoms with E-state index in [0.717, 1.165) is 5.06 Å². The minimum atomic E-state index is -1.69. The predicted octanol–water partition coefficient (Wildman–Crippen LogP) is 1.26. The fourth-order valence-corrected chi connectivity index (χ4v) is 2.20. The Hall–Kier alpha value is 0.0818. The molecule has 5 nitrogen and oxygen atoms in total. The lowest BCUT2D eigenvalue weighted by Gasteiger charge is -2.32. The molecule has 0 aliphatic heterocycles. The van der Waals surface area contributed by atoms with Gasteiger partial charge in [-0.3, -0.25) is 0 Å². The van der Waals surface area contributed by atoms with E-state index < -0.39 is 27.9 Å². The summed E-state index contributed by atoms with van der Waals surface area (Å²) in [5.41, 5.74) is 0. The highest BCUT2D eigenvalue weighted by atomic mass is 28.4. The molecule has 0 fully saturated rings. The van der Waals surface area contributed by atoms with E-state index in [1.165, 1.54) is 13.8 Å². The van der Waals surface area contributed by atoms with Crippen LogP contribution < -0.4 is 0 Å². The Labute approximate surface area is 99.6 Å². The van der Waals surface area contributed by atoms with Crippen molar-refractivity contribution in [3.63, 3.8) is 0 Å². The van der Waals surface area contributed by atoms with E-state index in [-0.39, 0.29) is 0 Å². The molecule has 0 aliphatic rings. The lowest BCUT2D eigenvalue weighted by atomic mass is 9.88. The molecule has 0 heterocycles. The van der Waals surface area contributed by atoms with Gasteiger partial charge in [0.1, 0.15) is 12.5 Å². The highest BCUT2D eigenvalue weighted by Crippen LogP contribution is 2.12. The molecular weight excluding hydrogens is 225 g/mol. The predicted molar refractivity (Wildman–Crippen MR) is 67.0 cm³/mol. The van der Waals surface area contributed by atoms with Gasteiger partial charge >= 0.3 is 7.12 Å². The van der Waals surface area contributed by atoms with Crippen LogP contribution in [0.5, 0.6) is 0 Å². The van der Waals surface area contributed by atoms with Crippen LogP contribution in [0.3, 0.4) is 0 Å². The molecular formula is C9H24BNO4Si. The molecule has 0 rings (SSSR count). The molecule has 16 heavy (non-hydrogen) atoms. The molecule has 0 spiro atoms. The van der Waals surface area contributed by atoms with Crippen molar-refractivity contribution in [2.24, 2.45) is 0 Å². The maximum atomic E-state index is 9.42. The minimum Gasteiger partial charge on any atom is -0.453 e. The average molecular weight is 249 g/mol. The first-order valence-corrected chi connectivity index (χ1v) is 9.07. The Kier molecular flexibility index (Phi) is 6.76. The number of aliphatic hydroxyl groups is 2. The molecule has 0 saturated carbocycles. The molecule has 2 atom stereocenters. The molecule has 0 aromatic rings. The Morgan fingerprint density at radius 3 is 1.88 bits per heavy atom. The number of hydroxylamine groups is 2. The maximum Gasteiger partial charge on any atom is 0.464 e. The van der Waals surface area contributed by atoms with Gasteiger partial charge in [0.15, 0.2) is 8.32 Å². The van der Waals surface area contributed by atoms with E-state index in [1.807, 2.05) is 6.92 Å². The fourth-order valence-electron chi connectivity index (χ4n) is 1.20. The zero-order chi connectivity index (χ0) is 12.9. The van der Waals surface area contributed by atoms with Gasteiger partial charge < -0.3 is 19.3 Å². The quantitative estimate of drug-likeness (QED) is 0.404. The minimum absolute atomic E-state index is 0.420. The first-order chi connectivity index (χ1) is 7.17. The van der Waals surface area contributed by atoms with Crippen LogP contribution in [0.1, 0.15) is 20.8 Å². The molecule has 7 heteroatoms. The van der Waals surface area contributed by atoms with Crippen molar-refractivity contribution in [2.45, 2.75) is 59.2 Å². The van der Waals surface area contributed by atoms with Gasteiger partial charge in [0, 0.05) is 0 Å². The summed E-state index contributed by atoms with van der Waals surface area (Å²) in [5.74, 6) is 0. The van der Waals surface area contributed by atoms with Gasteiger partial charge in [-0.2, -0.15) is 0 Å². The average Bonchev–Trinajstić information content (AvgIpc) is 2.08. The van der Waals surface area contributed by atoms with E-state index in [0.29, 0.717) is 6.32 Å².